The van der Waals surface area contributed by atoms with E-state index in [2.05, 4.69) is 9.80 Å². The van der Waals surface area contributed by atoms with E-state index in [4.69, 9.17) is 10.5 Å². The molecule has 0 bridgehead atoms. The maximum atomic E-state index is 14.2. The van der Waals surface area contributed by atoms with Gasteiger partial charge in [0, 0.05) is 31.3 Å². The minimum Gasteiger partial charge on any atom is -0.495 e. The van der Waals surface area contributed by atoms with Crippen molar-refractivity contribution >= 4 is 11.4 Å². The van der Waals surface area contributed by atoms with Crippen LogP contribution in [0.3, 0.4) is 0 Å². The van der Waals surface area contributed by atoms with Gasteiger partial charge in [0.1, 0.15) is 11.6 Å². The van der Waals surface area contributed by atoms with Crippen LogP contribution in [0.1, 0.15) is 25.7 Å². The Kier molecular flexibility index (Phi) is 4.19. The number of likely N-dealkylation sites (tertiary alicyclic amines) is 1. The van der Waals surface area contributed by atoms with Crippen molar-refractivity contribution < 1.29 is 9.13 Å². The predicted octanol–water partition coefficient (Wildman–Crippen LogP) is 2.48. The number of benzene rings is 1. The summed E-state index contributed by atoms with van der Waals surface area (Å²) < 4.78 is 19.4. The Morgan fingerprint density at radius 1 is 1.19 bits per heavy atom. The molecule has 0 amide bonds. The number of nitrogens with two attached hydrogens (primary N) is 1. The molecule has 1 unspecified atom stereocenters. The van der Waals surface area contributed by atoms with Gasteiger partial charge in [0.05, 0.1) is 18.5 Å². The van der Waals surface area contributed by atoms with E-state index >= 15 is 0 Å². The van der Waals surface area contributed by atoms with Crippen LogP contribution in [0.4, 0.5) is 15.8 Å². The van der Waals surface area contributed by atoms with Gasteiger partial charge in [-0.05, 0) is 32.4 Å². The first kappa shape index (κ1) is 14.4. The average Bonchev–Trinajstić information content (AvgIpc) is 2.98. The summed E-state index contributed by atoms with van der Waals surface area (Å²) in [5, 5.41) is 0. The van der Waals surface area contributed by atoms with Gasteiger partial charge in [-0.1, -0.05) is 6.42 Å². The van der Waals surface area contributed by atoms with Gasteiger partial charge < -0.3 is 15.4 Å². The lowest BCUT2D eigenvalue weighted by atomic mass is 10.1. The lowest BCUT2D eigenvalue weighted by Gasteiger charge is -2.32. The summed E-state index contributed by atoms with van der Waals surface area (Å²) in [5.74, 6) is 0.292. The number of ether oxygens (including phenoxy) is 1. The molecule has 2 fully saturated rings. The lowest BCUT2D eigenvalue weighted by molar-refractivity contribution is 0.175. The van der Waals surface area contributed by atoms with Gasteiger partial charge in [0.25, 0.3) is 0 Å². The van der Waals surface area contributed by atoms with E-state index in [-0.39, 0.29) is 5.82 Å². The molecule has 1 atom stereocenters. The first-order valence-electron chi connectivity index (χ1n) is 7.81. The Bertz CT molecular complexity index is 503. The molecule has 4 nitrogen and oxygen atoms in total. The molecular formula is C16H24FN3O. The van der Waals surface area contributed by atoms with Gasteiger partial charge in [-0.2, -0.15) is 0 Å². The molecule has 5 heteroatoms. The summed E-state index contributed by atoms with van der Waals surface area (Å²) in [4.78, 5) is 4.69. The summed E-state index contributed by atoms with van der Waals surface area (Å²) in [5.41, 5.74) is 6.72. The van der Waals surface area contributed by atoms with E-state index in [1.54, 1.807) is 13.2 Å². The van der Waals surface area contributed by atoms with Crippen molar-refractivity contribution in [1.82, 2.24) is 4.90 Å². The molecule has 0 spiro atoms. The molecule has 2 aliphatic heterocycles. The maximum absolute atomic E-state index is 14.2. The van der Waals surface area contributed by atoms with Gasteiger partial charge in [-0.25, -0.2) is 4.39 Å². The average molecular weight is 293 g/mol. The lowest BCUT2D eigenvalue weighted by Crippen LogP contribution is -2.40. The molecule has 2 N–H and O–H groups in total. The highest BCUT2D eigenvalue weighted by Crippen LogP contribution is 2.33. The second-order valence-electron chi connectivity index (χ2n) is 6.03. The summed E-state index contributed by atoms with van der Waals surface area (Å²) >= 11 is 0. The zero-order valence-electron chi connectivity index (χ0n) is 12.6. The Labute approximate surface area is 125 Å². The third kappa shape index (κ3) is 2.93. The van der Waals surface area contributed by atoms with Gasteiger partial charge in [0.2, 0.25) is 0 Å². The zero-order valence-corrected chi connectivity index (χ0v) is 12.6. The van der Waals surface area contributed by atoms with Crippen LogP contribution in [0.15, 0.2) is 12.1 Å². The van der Waals surface area contributed by atoms with Crippen molar-refractivity contribution in [3.05, 3.63) is 17.9 Å². The fourth-order valence-corrected chi connectivity index (χ4v) is 3.52. The number of methoxy groups -OCH3 is 1. The highest BCUT2D eigenvalue weighted by atomic mass is 19.1. The van der Waals surface area contributed by atoms with E-state index in [1.165, 1.54) is 38.4 Å². The van der Waals surface area contributed by atoms with Crippen molar-refractivity contribution in [2.24, 2.45) is 0 Å². The van der Waals surface area contributed by atoms with E-state index in [9.17, 15) is 4.39 Å². The van der Waals surface area contributed by atoms with Crippen molar-refractivity contribution in [3.8, 4) is 5.75 Å². The molecular weight excluding hydrogens is 269 g/mol. The number of nitrogens with zero attached hydrogens (tertiary/aromatic N) is 2. The van der Waals surface area contributed by atoms with Crippen LogP contribution in [-0.4, -0.2) is 44.2 Å². The SMILES string of the molecule is COc1cc(N2CCC(N3CCCCC3)C2)c(F)cc1N. The molecule has 0 aliphatic carbocycles. The molecule has 0 saturated carbocycles. The van der Waals surface area contributed by atoms with Crippen LogP contribution in [0.5, 0.6) is 5.75 Å². The molecule has 2 saturated heterocycles. The van der Waals surface area contributed by atoms with Crippen LogP contribution < -0.4 is 15.4 Å². The molecule has 0 radical (unpaired) electrons. The topological polar surface area (TPSA) is 41.7 Å². The molecule has 0 aromatic heterocycles. The molecule has 21 heavy (non-hydrogen) atoms. The number of rotatable bonds is 3. The van der Waals surface area contributed by atoms with Crippen molar-refractivity contribution in [3.63, 3.8) is 0 Å². The standard InChI is InChI=1S/C16H24FN3O/c1-21-16-10-15(13(17)9-14(16)18)20-8-5-12(11-20)19-6-3-2-4-7-19/h9-10,12H,2-8,11,18H2,1H3. The minimum atomic E-state index is -0.257. The minimum absolute atomic E-state index is 0.257. The third-order valence-corrected chi connectivity index (χ3v) is 4.71. The van der Waals surface area contributed by atoms with Gasteiger partial charge in [0.15, 0.2) is 0 Å². The Morgan fingerprint density at radius 3 is 2.67 bits per heavy atom. The van der Waals surface area contributed by atoms with Crippen molar-refractivity contribution in [2.75, 3.05) is 43.9 Å². The van der Waals surface area contributed by atoms with Crippen LogP contribution in [-0.2, 0) is 0 Å². The number of hydrogen-bond acceptors (Lipinski definition) is 4. The summed E-state index contributed by atoms with van der Waals surface area (Å²) in [6.07, 6.45) is 5.03. The summed E-state index contributed by atoms with van der Waals surface area (Å²) in [7, 11) is 1.56. The normalized spacial score (nSPS) is 23.5. The number of halogens is 1. The van der Waals surface area contributed by atoms with Gasteiger partial charge in [-0.3, -0.25) is 4.90 Å². The Hall–Kier alpha value is -1.49. The van der Waals surface area contributed by atoms with Crippen LogP contribution >= 0.6 is 0 Å². The molecule has 1 aromatic rings. The van der Waals surface area contributed by atoms with E-state index in [0.717, 1.165) is 19.5 Å². The zero-order chi connectivity index (χ0) is 14.8. The second kappa shape index (κ2) is 6.10. The van der Waals surface area contributed by atoms with Crippen LogP contribution in [0.2, 0.25) is 0 Å². The summed E-state index contributed by atoms with van der Waals surface area (Å²) in [6, 6.07) is 3.64. The Morgan fingerprint density at radius 2 is 1.95 bits per heavy atom. The van der Waals surface area contributed by atoms with E-state index in [1.807, 2.05) is 0 Å². The molecule has 116 valence electrons. The van der Waals surface area contributed by atoms with E-state index < -0.39 is 0 Å². The first-order valence-corrected chi connectivity index (χ1v) is 7.81. The van der Waals surface area contributed by atoms with Gasteiger partial charge in [-0.15, -0.1) is 0 Å². The molecule has 1 aromatic carbocycles. The van der Waals surface area contributed by atoms with Gasteiger partial charge >= 0.3 is 0 Å². The smallest absolute Gasteiger partial charge is 0.148 e. The number of nitrogen functional groups attached to an aromatic ring is 1. The highest BCUT2D eigenvalue weighted by Gasteiger charge is 2.30. The van der Waals surface area contributed by atoms with E-state index in [0.29, 0.717) is 23.2 Å². The van der Waals surface area contributed by atoms with Crippen molar-refractivity contribution in [1.29, 1.82) is 0 Å². The number of anilines is 2. The fourth-order valence-electron chi connectivity index (χ4n) is 3.52. The first-order chi connectivity index (χ1) is 10.2. The second-order valence-corrected chi connectivity index (χ2v) is 6.03. The Balaban J connectivity index is 1.73. The molecule has 3 rings (SSSR count). The fraction of sp³-hybridized carbons (Fsp3) is 0.625. The van der Waals surface area contributed by atoms with Crippen LogP contribution in [0.25, 0.3) is 0 Å². The number of hydrogen-bond donors (Lipinski definition) is 1. The molecule has 2 heterocycles. The maximum Gasteiger partial charge on any atom is 0.148 e. The third-order valence-electron chi connectivity index (χ3n) is 4.71. The van der Waals surface area contributed by atoms with Crippen LogP contribution in [0, 0.1) is 5.82 Å². The monoisotopic (exact) mass is 293 g/mol. The summed E-state index contributed by atoms with van der Waals surface area (Å²) in [6.45, 7) is 4.16. The predicted molar refractivity (Wildman–Crippen MR) is 83.4 cm³/mol. The quantitative estimate of drug-likeness (QED) is 0.869. The largest absolute Gasteiger partial charge is 0.495 e. The molecule has 2 aliphatic rings. The highest BCUT2D eigenvalue weighted by molar-refractivity contribution is 5.63. The van der Waals surface area contributed by atoms with Crippen molar-refractivity contribution in [2.45, 2.75) is 31.7 Å². The number of piperidine rings is 1.